The normalized spacial score (nSPS) is 14.8. The summed E-state index contributed by atoms with van der Waals surface area (Å²) in [5.74, 6) is 1.43. The molecule has 0 fully saturated rings. The molecule has 0 saturated heterocycles. The first-order valence-electron chi connectivity index (χ1n) is 5.04. The van der Waals surface area contributed by atoms with Gasteiger partial charge in [0.2, 0.25) is 0 Å². The number of ether oxygens (including phenoxy) is 2. The van der Waals surface area contributed by atoms with Gasteiger partial charge in [-0.25, -0.2) is 9.97 Å². The van der Waals surface area contributed by atoms with Crippen molar-refractivity contribution in [3.63, 3.8) is 0 Å². The lowest BCUT2D eigenvalue weighted by molar-refractivity contribution is 0.297. The lowest BCUT2D eigenvalue weighted by Gasteiger charge is -2.08. The summed E-state index contributed by atoms with van der Waals surface area (Å²) in [6, 6.07) is 3.67. The second kappa shape index (κ2) is 3.79. The molecule has 0 spiro atoms. The molecule has 0 bridgehead atoms. The molecule has 82 valence electrons. The van der Waals surface area contributed by atoms with Crippen LogP contribution in [-0.4, -0.2) is 23.2 Å². The Morgan fingerprint density at radius 1 is 1.06 bits per heavy atom. The van der Waals surface area contributed by atoms with Crippen molar-refractivity contribution in [1.82, 2.24) is 9.97 Å². The maximum atomic E-state index is 5.99. The molecule has 1 aromatic heterocycles. The van der Waals surface area contributed by atoms with Crippen LogP contribution in [0.5, 0.6) is 11.5 Å². The lowest BCUT2D eigenvalue weighted by Crippen LogP contribution is -1.97. The number of fused-ring (bicyclic) bond motifs is 2. The Hall–Kier alpha value is -1.55. The quantitative estimate of drug-likeness (QED) is 0.659. The van der Waals surface area contributed by atoms with E-state index in [0.29, 0.717) is 24.1 Å². The Morgan fingerprint density at radius 3 is 2.62 bits per heavy atom. The van der Waals surface area contributed by atoms with Gasteiger partial charge in [-0.15, -0.1) is 0 Å². The van der Waals surface area contributed by atoms with Crippen molar-refractivity contribution in [2.24, 2.45) is 0 Å². The van der Waals surface area contributed by atoms with E-state index in [2.05, 4.69) is 9.97 Å². The van der Waals surface area contributed by atoms with Crippen molar-refractivity contribution in [1.29, 1.82) is 0 Å². The molecule has 16 heavy (non-hydrogen) atoms. The van der Waals surface area contributed by atoms with Crippen LogP contribution in [0, 0.1) is 0 Å². The third-order valence-corrected chi connectivity index (χ3v) is 2.76. The zero-order chi connectivity index (χ0) is 11.0. The van der Waals surface area contributed by atoms with Crippen LogP contribution in [0.25, 0.3) is 10.9 Å². The first kappa shape index (κ1) is 9.66. The van der Waals surface area contributed by atoms with Crippen molar-refractivity contribution >= 4 is 22.5 Å². The number of hydrogen-bond acceptors (Lipinski definition) is 4. The van der Waals surface area contributed by atoms with Crippen molar-refractivity contribution in [2.75, 3.05) is 13.2 Å². The standard InChI is InChI=1S/C11H9ClN2O2/c12-11-7-4-9-10(16-3-1-2-15-9)5-8(7)13-6-14-11/h4-6H,1-3H2. The van der Waals surface area contributed by atoms with E-state index < -0.39 is 0 Å². The Balaban J connectivity index is 2.24. The van der Waals surface area contributed by atoms with Gasteiger partial charge >= 0.3 is 0 Å². The van der Waals surface area contributed by atoms with Crippen LogP contribution in [0.4, 0.5) is 0 Å². The van der Waals surface area contributed by atoms with E-state index in [9.17, 15) is 0 Å². The number of hydrogen-bond donors (Lipinski definition) is 0. The molecular formula is C11H9ClN2O2. The van der Waals surface area contributed by atoms with Gasteiger partial charge in [-0.05, 0) is 6.07 Å². The van der Waals surface area contributed by atoms with E-state index in [1.165, 1.54) is 6.33 Å². The highest BCUT2D eigenvalue weighted by Crippen LogP contribution is 2.35. The number of rotatable bonds is 0. The summed E-state index contributed by atoms with van der Waals surface area (Å²) in [6.07, 6.45) is 2.32. The Labute approximate surface area is 97.2 Å². The summed E-state index contributed by atoms with van der Waals surface area (Å²) < 4.78 is 11.1. The van der Waals surface area contributed by atoms with E-state index >= 15 is 0 Å². The first-order valence-corrected chi connectivity index (χ1v) is 5.42. The van der Waals surface area contributed by atoms with Crippen LogP contribution >= 0.6 is 11.6 Å². The maximum Gasteiger partial charge on any atom is 0.163 e. The zero-order valence-electron chi connectivity index (χ0n) is 8.44. The highest BCUT2D eigenvalue weighted by Gasteiger charge is 2.13. The van der Waals surface area contributed by atoms with Crippen LogP contribution in [-0.2, 0) is 0 Å². The highest BCUT2D eigenvalue weighted by atomic mass is 35.5. The molecule has 0 saturated carbocycles. The minimum Gasteiger partial charge on any atom is -0.490 e. The van der Waals surface area contributed by atoms with Crippen LogP contribution in [0.3, 0.4) is 0 Å². The monoisotopic (exact) mass is 236 g/mol. The molecule has 3 rings (SSSR count). The van der Waals surface area contributed by atoms with Gasteiger partial charge in [-0.2, -0.15) is 0 Å². The van der Waals surface area contributed by atoms with E-state index in [-0.39, 0.29) is 0 Å². The molecule has 0 radical (unpaired) electrons. The average molecular weight is 237 g/mol. The van der Waals surface area contributed by atoms with Gasteiger partial charge in [0, 0.05) is 17.9 Å². The SMILES string of the molecule is Clc1ncnc2cc3c(cc12)OCCCO3. The van der Waals surface area contributed by atoms with Crippen LogP contribution in [0.1, 0.15) is 6.42 Å². The van der Waals surface area contributed by atoms with Gasteiger partial charge < -0.3 is 9.47 Å². The minimum atomic E-state index is 0.431. The van der Waals surface area contributed by atoms with Crippen LogP contribution < -0.4 is 9.47 Å². The van der Waals surface area contributed by atoms with E-state index in [0.717, 1.165) is 23.1 Å². The van der Waals surface area contributed by atoms with Crippen LogP contribution in [0.15, 0.2) is 18.5 Å². The van der Waals surface area contributed by atoms with Crippen molar-refractivity contribution in [3.8, 4) is 11.5 Å². The second-order valence-corrected chi connectivity index (χ2v) is 3.89. The molecule has 0 atom stereocenters. The van der Waals surface area contributed by atoms with Gasteiger partial charge in [0.1, 0.15) is 11.5 Å². The number of aromatic nitrogens is 2. The van der Waals surface area contributed by atoms with E-state index in [4.69, 9.17) is 21.1 Å². The Bertz CT molecular complexity index is 545. The molecule has 0 unspecified atom stereocenters. The fourth-order valence-electron chi connectivity index (χ4n) is 1.68. The summed E-state index contributed by atoms with van der Waals surface area (Å²) in [7, 11) is 0. The molecule has 2 heterocycles. The van der Waals surface area contributed by atoms with E-state index in [1.54, 1.807) is 0 Å². The molecule has 1 aromatic carbocycles. The molecule has 2 aromatic rings. The Kier molecular flexibility index (Phi) is 2.29. The first-order chi connectivity index (χ1) is 7.84. The third-order valence-electron chi connectivity index (χ3n) is 2.46. The molecule has 0 aliphatic carbocycles. The van der Waals surface area contributed by atoms with E-state index in [1.807, 2.05) is 12.1 Å². The lowest BCUT2D eigenvalue weighted by atomic mass is 10.2. The largest absolute Gasteiger partial charge is 0.490 e. The highest BCUT2D eigenvalue weighted by molar-refractivity contribution is 6.34. The molecule has 1 aliphatic rings. The third kappa shape index (κ3) is 1.55. The predicted molar refractivity (Wildman–Crippen MR) is 60.2 cm³/mol. The predicted octanol–water partition coefficient (Wildman–Crippen LogP) is 2.44. The Morgan fingerprint density at radius 2 is 1.81 bits per heavy atom. The summed E-state index contributed by atoms with van der Waals surface area (Å²) in [5.41, 5.74) is 0.768. The van der Waals surface area contributed by atoms with Crippen molar-refractivity contribution in [3.05, 3.63) is 23.6 Å². The van der Waals surface area contributed by atoms with Crippen molar-refractivity contribution in [2.45, 2.75) is 6.42 Å². The van der Waals surface area contributed by atoms with Gasteiger partial charge in [-0.3, -0.25) is 0 Å². The topological polar surface area (TPSA) is 44.2 Å². The summed E-state index contributed by atoms with van der Waals surface area (Å²) in [5, 5.41) is 1.22. The van der Waals surface area contributed by atoms with Crippen LogP contribution in [0.2, 0.25) is 5.15 Å². The van der Waals surface area contributed by atoms with Gasteiger partial charge in [-0.1, -0.05) is 11.6 Å². The number of nitrogens with zero attached hydrogens (tertiary/aromatic N) is 2. The average Bonchev–Trinajstić information content (AvgIpc) is 2.52. The maximum absolute atomic E-state index is 5.99. The smallest absolute Gasteiger partial charge is 0.163 e. The molecule has 1 aliphatic heterocycles. The summed E-state index contributed by atoms with van der Waals surface area (Å²) in [6.45, 7) is 1.32. The molecule has 4 nitrogen and oxygen atoms in total. The molecular weight excluding hydrogens is 228 g/mol. The fraction of sp³-hybridized carbons (Fsp3) is 0.273. The summed E-state index contributed by atoms with van der Waals surface area (Å²) in [4.78, 5) is 8.09. The minimum absolute atomic E-state index is 0.431. The van der Waals surface area contributed by atoms with Gasteiger partial charge in [0.25, 0.3) is 0 Å². The zero-order valence-corrected chi connectivity index (χ0v) is 9.20. The van der Waals surface area contributed by atoms with Gasteiger partial charge in [0.15, 0.2) is 11.5 Å². The van der Waals surface area contributed by atoms with Crippen molar-refractivity contribution < 1.29 is 9.47 Å². The number of benzene rings is 1. The molecule has 5 heteroatoms. The summed E-state index contributed by atoms with van der Waals surface area (Å²) >= 11 is 5.99. The van der Waals surface area contributed by atoms with Gasteiger partial charge in [0.05, 0.1) is 18.7 Å². The molecule has 0 N–H and O–H groups in total. The number of halogens is 1. The molecule has 0 amide bonds. The second-order valence-electron chi connectivity index (χ2n) is 3.53. The fourth-order valence-corrected chi connectivity index (χ4v) is 1.88.